The molecule has 3 rings (SSSR count). The summed E-state index contributed by atoms with van der Waals surface area (Å²) in [6.07, 6.45) is 8.15. The van der Waals surface area contributed by atoms with Gasteiger partial charge in [0.2, 0.25) is 0 Å². The molecule has 0 aliphatic carbocycles. The number of aromatic amines is 1. The van der Waals surface area contributed by atoms with Crippen molar-refractivity contribution in [1.82, 2.24) is 15.3 Å². The fourth-order valence-electron chi connectivity index (χ4n) is 3.25. The fourth-order valence-corrected chi connectivity index (χ4v) is 4.15. The highest BCUT2D eigenvalue weighted by Gasteiger charge is 2.09. The maximum atomic E-state index is 11.5. The molecule has 190 valence electrons. The molecular weight excluding hydrogens is 474 g/mol. The van der Waals surface area contributed by atoms with Gasteiger partial charge in [0.25, 0.3) is 0 Å². The molecule has 35 heavy (non-hydrogen) atoms. The summed E-state index contributed by atoms with van der Waals surface area (Å²) in [5, 5.41) is 28.1. The number of benzene rings is 1. The Hall–Kier alpha value is -3.28. The minimum absolute atomic E-state index is 0.128. The van der Waals surface area contributed by atoms with Crippen LogP contribution in [0.3, 0.4) is 0 Å². The van der Waals surface area contributed by atoms with Crippen molar-refractivity contribution >= 4 is 33.5 Å². The molecule has 0 saturated carbocycles. The van der Waals surface area contributed by atoms with Gasteiger partial charge in [-0.25, -0.2) is 9.59 Å². The van der Waals surface area contributed by atoms with Gasteiger partial charge < -0.3 is 30.4 Å². The zero-order chi connectivity index (χ0) is 25.5. The number of ether oxygens (including phenoxy) is 1. The van der Waals surface area contributed by atoms with Crippen LogP contribution >= 0.6 is 11.3 Å². The Morgan fingerprint density at radius 1 is 0.971 bits per heavy atom. The van der Waals surface area contributed by atoms with E-state index in [1.165, 1.54) is 12.8 Å². The molecule has 0 fully saturated rings. The molecule has 0 saturated heterocycles. The van der Waals surface area contributed by atoms with E-state index in [0.717, 1.165) is 79.3 Å². The lowest BCUT2D eigenvalue weighted by molar-refractivity contribution is -0.159. The monoisotopic (exact) mass is 505 g/mol. The molecule has 0 aliphatic rings. The number of carboxylic acids is 2. The van der Waals surface area contributed by atoms with Gasteiger partial charge in [-0.05, 0) is 56.1 Å². The maximum absolute atomic E-state index is 11.5. The molecule has 2 aromatic heterocycles. The lowest BCUT2D eigenvalue weighted by Crippen LogP contribution is -2.18. The maximum Gasteiger partial charge on any atom is 0.414 e. The summed E-state index contributed by atoms with van der Waals surface area (Å²) < 4.78 is 6.54. The summed E-state index contributed by atoms with van der Waals surface area (Å²) in [6.45, 7) is 3.41. The standard InChI is InChI=1S/C22H29N3O3S.C2H2O4/c26-19-9-8-17(21-20(19)25-22(27)29-21)10-14-23-12-4-1-2-6-15-28-16-11-18-7-3-5-13-24-18;3-1(4)2(5)6/h3,5,7-9,13,23,26H,1-2,4,6,10-12,14-16H2,(H,25,27);(H,3,4)(H,5,6). The minimum atomic E-state index is -1.82. The zero-order valence-corrected chi connectivity index (χ0v) is 20.2. The summed E-state index contributed by atoms with van der Waals surface area (Å²) in [5.74, 6) is -3.51. The Bertz CT molecular complexity index is 1100. The van der Waals surface area contributed by atoms with Crippen LogP contribution in [-0.4, -0.2) is 63.5 Å². The largest absolute Gasteiger partial charge is 0.506 e. The van der Waals surface area contributed by atoms with E-state index in [1.807, 2.05) is 30.5 Å². The Morgan fingerprint density at radius 2 is 1.74 bits per heavy atom. The molecule has 0 bridgehead atoms. The van der Waals surface area contributed by atoms with Crippen molar-refractivity contribution in [1.29, 1.82) is 0 Å². The Labute approximate surface area is 206 Å². The van der Waals surface area contributed by atoms with Crippen LogP contribution in [0.2, 0.25) is 0 Å². The van der Waals surface area contributed by atoms with E-state index in [4.69, 9.17) is 24.5 Å². The van der Waals surface area contributed by atoms with Crippen LogP contribution in [0.15, 0.2) is 41.3 Å². The second-order valence-corrected chi connectivity index (χ2v) is 8.65. The number of nitrogens with zero attached hydrogens (tertiary/aromatic N) is 1. The van der Waals surface area contributed by atoms with E-state index in [-0.39, 0.29) is 10.6 Å². The molecule has 11 heteroatoms. The van der Waals surface area contributed by atoms with E-state index in [1.54, 1.807) is 6.07 Å². The van der Waals surface area contributed by atoms with Crippen molar-refractivity contribution in [3.63, 3.8) is 0 Å². The van der Waals surface area contributed by atoms with Gasteiger partial charge in [-0.2, -0.15) is 0 Å². The molecule has 0 radical (unpaired) electrons. The molecule has 10 nitrogen and oxygen atoms in total. The number of hydrogen-bond acceptors (Lipinski definition) is 8. The molecule has 2 heterocycles. The number of unbranched alkanes of at least 4 members (excludes halogenated alkanes) is 3. The van der Waals surface area contributed by atoms with Crippen molar-refractivity contribution in [3.8, 4) is 5.75 Å². The van der Waals surface area contributed by atoms with Crippen molar-refractivity contribution in [2.45, 2.75) is 38.5 Å². The number of nitrogens with one attached hydrogen (secondary N) is 2. The number of carbonyl (C=O) groups is 2. The van der Waals surface area contributed by atoms with Crippen molar-refractivity contribution in [3.05, 3.63) is 57.5 Å². The molecule has 1 aromatic carbocycles. The smallest absolute Gasteiger partial charge is 0.414 e. The molecule has 0 atom stereocenters. The topological polar surface area (TPSA) is 162 Å². The van der Waals surface area contributed by atoms with Gasteiger partial charge in [0.1, 0.15) is 11.3 Å². The Balaban J connectivity index is 0.000000641. The molecule has 0 spiro atoms. The number of phenolic OH excluding ortho intramolecular Hbond substituents is 1. The Kier molecular flexibility index (Phi) is 12.5. The number of hydrogen-bond donors (Lipinski definition) is 5. The molecule has 5 N–H and O–H groups in total. The van der Waals surface area contributed by atoms with E-state index in [0.29, 0.717) is 5.52 Å². The van der Waals surface area contributed by atoms with Crippen molar-refractivity contribution in [2.75, 3.05) is 26.3 Å². The van der Waals surface area contributed by atoms with Crippen LogP contribution in [0.5, 0.6) is 5.75 Å². The number of fused-ring (bicyclic) bond motifs is 1. The number of aliphatic carboxylic acids is 2. The number of carboxylic acid groups (broad SMARTS) is 2. The van der Waals surface area contributed by atoms with Gasteiger partial charge in [-0.1, -0.05) is 36.3 Å². The van der Waals surface area contributed by atoms with Crippen LogP contribution in [-0.2, 0) is 27.2 Å². The number of aromatic hydroxyl groups is 1. The molecule has 0 aliphatic heterocycles. The van der Waals surface area contributed by atoms with Crippen molar-refractivity contribution < 1.29 is 29.6 Å². The average Bonchev–Trinajstić information content (AvgIpc) is 3.24. The van der Waals surface area contributed by atoms with Crippen LogP contribution in [0.4, 0.5) is 0 Å². The van der Waals surface area contributed by atoms with Gasteiger partial charge in [-0.15, -0.1) is 0 Å². The van der Waals surface area contributed by atoms with Crippen molar-refractivity contribution in [2.24, 2.45) is 0 Å². The molecule has 3 aromatic rings. The highest BCUT2D eigenvalue weighted by atomic mass is 32.1. The van der Waals surface area contributed by atoms with E-state index in [2.05, 4.69) is 15.3 Å². The normalized spacial score (nSPS) is 10.6. The number of pyridine rings is 1. The summed E-state index contributed by atoms with van der Waals surface area (Å²) in [4.78, 5) is 36.6. The van der Waals surface area contributed by atoms with Gasteiger partial charge in [0, 0.05) is 24.9 Å². The van der Waals surface area contributed by atoms with Crippen LogP contribution < -0.4 is 10.2 Å². The Morgan fingerprint density at radius 3 is 2.46 bits per heavy atom. The number of H-pyrrole nitrogens is 1. The first-order chi connectivity index (χ1) is 16.9. The summed E-state index contributed by atoms with van der Waals surface area (Å²) in [6, 6.07) is 9.51. The highest BCUT2D eigenvalue weighted by molar-refractivity contribution is 7.16. The number of thiazole rings is 1. The van der Waals surface area contributed by atoms with Gasteiger partial charge in [-0.3, -0.25) is 9.78 Å². The van der Waals surface area contributed by atoms with Crippen LogP contribution in [0.25, 0.3) is 10.2 Å². The molecular formula is C24H31N3O7S. The SMILES string of the molecule is O=C(O)C(=O)O.O=c1[nH]c2c(O)ccc(CCNCCCCCCOCCc3ccccn3)c2s1. The van der Waals surface area contributed by atoms with Gasteiger partial charge in [0.15, 0.2) is 0 Å². The predicted octanol–water partition coefficient (Wildman–Crippen LogP) is 2.80. The van der Waals surface area contributed by atoms with E-state index >= 15 is 0 Å². The number of rotatable bonds is 13. The first-order valence-electron chi connectivity index (χ1n) is 11.4. The van der Waals surface area contributed by atoms with Gasteiger partial charge in [0.05, 0.1) is 11.3 Å². The molecule has 0 unspecified atom stereocenters. The van der Waals surface area contributed by atoms with Crippen LogP contribution in [0.1, 0.15) is 36.9 Å². The van der Waals surface area contributed by atoms with Crippen LogP contribution in [0, 0.1) is 0 Å². The predicted molar refractivity (Wildman–Crippen MR) is 133 cm³/mol. The fraction of sp³-hybridized carbons (Fsp3) is 0.417. The third-order valence-electron chi connectivity index (χ3n) is 5.01. The second-order valence-electron chi connectivity index (χ2n) is 7.67. The lowest BCUT2D eigenvalue weighted by Gasteiger charge is -2.07. The zero-order valence-electron chi connectivity index (χ0n) is 19.4. The average molecular weight is 506 g/mol. The first-order valence-corrected chi connectivity index (χ1v) is 12.2. The highest BCUT2D eigenvalue weighted by Crippen LogP contribution is 2.27. The minimum Gasteiger partial charge on any atom is -0.506 e. The number of aromatic nitrogens is 2. The third kappa shape index (κ3) is 10.7. The summed E-state index contributed by atoms with van der Waals surface area (Å²) in [5.41, 5.74) is 2.73. The molecule has 0 amide bonds. The van der Waals surface area contributed by atoms with E-state index in [9.17, 15) is 9.90 Å². The summed E-state index contributed by atoms with van der Waals surface area (Å²) >= 11 is 1.16. The number of phenols is 1. The second kappa shape index (κ2) is 15.6. The van der Waals surface area contributed by atoms with Gasteiger partial charge >= 0.3 is 16.8 Å². The quantitative estimate of drug-likeness (QED) is 0.174. The summed E-state index contributed by atoms with van der Waals surface area (Å²) in [7, 11) is 0. The lowest BCUT2D eigenvalue weighted by atomic mass is 10.1. The van der Waals surface area contributed by atoms with E-state index < -0.39 is 11.9 Å². The first kappa shape index (κ1) is 28.0. The third-order valence-corrected chi connectivity index (χ3v) is 5.97.